The zero-order valence-corrected chi connectivity index (χ0v) is 11.2. The summed E-state index contributed by atoms with van der Waals surface area (Å²) in [5.41, 5.74) is 6.00. The Hall–Kier alpha value is -0.570. The zero-order chi connectivity index (χ0) is 12.4. The van der Waals surface area contributed by atoms with Crippen LogP contribution in [-0.4, -0.2) is 29.9 Å². The van der Waals surface area contributed by atoms with Crippen LogP contribution < -0.4 is 5.73 Å². The van der Waals surface area contributed by atoms with Crippen molar-refractivity contribution < 1.29 is 4.79 Å². The minimum atomic E-state index is 0.283. The van der Waals surface area contributed by atoms with Crippen molar-refractivity contribution in [1.82, 2.24) is 4.90 Å². The molecule has 1 amide bonds. The van der Waals surface area contributed by atoms with Crippen LogP contribution in [0.5, 0.6) is 0 Å². The third-order valence-corrected chi connectivity index (χ3v) is 4.65. The van der Waals surface area contributed by atoms with Gasteiger partial charge in [0.1, 0.15) is 0 Å². The van der Waals surface area contributed by atoms with Gasteiger partial charge in [0, 0.05) is 25.0 Å². The van der Waals surface area contributed by atoms with Gasteiger partial charge in [0.05, 0.1) is 0 Å². The van der Waals surface area contributed by atoms with Crippen LogP contribution in [0.3, 0.4) is 0 Å². The molecule has 2 N–H and O–H groups in total. The molecule has 98 valence electrons. The summed E-state index contributed by atoms with van der Waals surface area (Å²) in [5.74, 6) is 1.96. The second-order valence-electron chi connectivity index (χ2n) is 6.17. The number of nitrogens with two attached hydrogens (primary N) is 1. The van der Waals surface area contributed by atoms with Crippen molar-refractivity contribution in [3.8, 4) is 0 Å². The van der Waals surface area contributed by atoms with E-state index in [9.17, 15) is 4.79 Å². The van der Waals surface area contributed by atoms with E-state index in [1.807, 2.05) is 0 Å². The van der Waals surface area contributed by atoms with E-state index < -0.39 is 0 Å². The Labute approximate surface area is 105 Å². The summed E-state index contributed by atoms with van der Waals surface area (Å²) < 4.78 is 0. The molecule has 2 rings (SSSR count). The lowest BCUT2D eigenvalue weighted by molar-refractivity contribution is -0.138. The van der Waals surface area contributed by atoms with Crippen LogP contribution in [-0.2, 0) is 4.79 Å². The number of amides is 1. The Morgan fingerprint density at radius 1 is 1.12 bits per heavy atom. The minimum Gasteiger partial charge on any atom is -0.342 e. The average molecular weight is 238 g/mol. The third kappa shape index (κ3) is 3.01. The molecule has 0 aromatic heterocycles. The van der Waals surface area contributed by atoms with E-state index in [0.29, 0.717) is 17.7 Å². The molecule has 1 saturated heterocycles. The maximum absolute atomic E-state index is 12.4. The van der Waals surface area contributed by atoms with Gasteiger partial charge in [-0.2, -0.15) is 0 Å². The van der Waals surface area contributed by atoms with Crippen molar-refractivity contribution >= 4 is 5.91 Å². The molecule has 3 nitrogen and oxygen atoms in total. The van der Waals surface area contributed by atoms with Crippen LogP contribution in [0.1, 0.15) is 46.0 Å². The number of piperidine rings is 1. The van der Waals surface area contributed by atoms with Crippen LogP contribution in [0, 0.1) is 17.8 Å². The van der Waals surface area contributed by atoms with Crippen molar-refractivity contribution in [2.75, 3.05) is 13.1 Å². The van der Waals surface area contributed by atoms with Gasteiger partial charge in [-0.15, -0.1) is 0 Å². The summed E-state index contributed by atoms with van der Waals surface area (Å²) in [5, 5.41) is 0. The van der Waals surface area contributed by atoms with Crippen molar-refractivity contribution in [3.63, 3.8) is 0 Å². The molecule has 1 aliphatic carbocycles. The van der Waals surface area contributed by atoms with Gasteiger partial charge in [-0.3, -0.25) is 4.79 Å². The standard InChI is InChI=1S/C14H26N2O/c1-10-3-5-12(6-4-10)14(17)16-8-7-13(15)11(2)9-16/h10-13H,3-9,15H2,1-2H3/t10?,11-,12?,13+/m1/s1. The lowest BCUT2D eigenvalue weighted by atomic mass is 9.82. The van der Waals surface area contributed by atoms with Crippen LogP contribution >= 0.6 is 0 Å². The number of rotatable bonds is 1. The molecule has 0 aromatic rings. The highest BCUT2D eigenvalue weighted by atomic mass is 16.2. The first-order valence-corrected chi connectivity index (χ1v) is 7.12. The molecule has 3 heteroatoms. The van der Waals surface area contributed by atoms with Gasteiger partial charge >= 0.3 is 0 Å². The highest BCUT2D eigenvalue weighted by Crippen LogP contribution is 2.30. The Morgan fingerprint density at radius 2 is 1.76 bits per heavy atom. The predicted octanol–water partition coefficient (Wildman–Crippen LogP) is 2.01. The molecule has 0 radical (unpaired) electrons. The number of hydrogen-bond donors (Lipinski definition) is 1. The Kier molecular flexibility index (Phi) is 4.08. The summed E-state index contributed by atoms with van der Waals surface area (Å²) in [6.07, 6.45) is 5.60. The number of carbonyl (C=O) groups excluding carboxylic acids is 1. The van der Waals surface area contributed by atoms with Gasteiger partial charge in [0.25, 0.3) is 0 Å². The number of likely N-dealkylation sites (tertiary alicyclic amines) is 1. The number of hydrogen-bond acceptors (Lipinski definition) is 2. The average Bonchev–Trinajstić information content (AvgIpc) is 2.33. The van der Waals surface area contributed by atoms with E-state index in [4.69, 9.17) is 5.73 Å². The second kappa shape index (κ2) is 5.38. The fourth-order valence-corrected chi connectivity index (χ4v) is 3.13. The normalized spacial score (nSPS) is 39.1. The minimum absolute atomic E-state index is 0.283. The van der Waals surface area contributed by atoms with E-state index in [-0.39, 0.29) is 6.04 Å². The lowest BCUT2D eigenvalue weighted by Crippen LogP contribution is -2.50. The van der Waals surface area contributed by atoms with E-state index in [1.165, 1.54) is 12.8 Å². The smallest absolute Gasteiger partial charge is 0.225 e. The Bertz CT molecular complexity index is 271. The third-order valence-electron chi connectivity index (χ3n) is 4.65. The van der Waals surface area contributed by atoms with Crippen LogP contribution in [0.25, 0.3) is 0 Å². The SMILES string of the molecule is CC1CCC(C(=O)N2CC[C@H](N)[C@H](C)C2)CC1. The molecule has 2 aliphatic rings. The summed E-state index contributed by atoms with van der Waals surface area (Å²) in [4.78, 5) is 14.5. The molecule has 1 saturated carbocycles. The summed E-state index contributed by atoms with van der Waals surface area (Å²) in [6, 6.07) is 0.283. The topological polar surface area (TPSA) is 46.3 Å². The fraction of sp³-hybridized carbons (Fsp3) is 0.929. The van der Waals surface area contributed by atoms with Crippen LogP contribution in [0.2, 0.25) is 0 Å². The quantitative estimate of drug-likeness (QED) is 0.759. The zero-order valence-electron chi connectivity index (χ0n) is 11.2. The molecule has 1 heterocycles. The van der Waals surface area contributed by atoms with E-state index in [1.54, 1.807) is 0 Å². The van der Waals surface area contributed by atoms with Crippen molar-refractivity contribution in [2.24, 2.45) is 23.5 Å². The predicted molar refractivity (Wildman–Crippen MR) is 69.5 cm³/mol. The van der Waals surface area contributed by atoms with Gasteiger partial charge in [-0.05, 0) is 43.9 Å². The summed E-state index contributed by atoms with van der Waals surface area (Å²) in [7, 11) is 0. The van der Waals surface area contributed by atoms with Crippen molar-refractivity contribution in [2.45, 2.75) is 52.0 Å². The van der Waals surface area contributed by atoms with E-state index in [0.717, 1.165) is 38.3 Å². The van der Waals surface area contributed by atoms with Crippen molar-refractivity contribution in [3.05, 3.63) is 0 Å². The van der Waals surface area contributed by atoms with Crippen LogP contribution in [0.15, 0.2) is 0 Å². The molecule has 0 unspecified atom stereocenters. The Morgan fingerprint density at radius 3 is 2.35 bits per heavy atom. The van der Waals surface area contributed by atoms with Gasteiger partial charge in [-0.25, -0.2) is 0 Å². The maximum Gasteiger partial charge on any atom is 0.225 e. The Balaban J connectivity index is 1.87. The number of nitrogens with zero attached hydrogens (tertiary/aromatic N) is 1. The van der Waals surface area contributed by atoms with Crippen LogP contribution in [0.4, 0.5) is 0 Å². The molecule has 2 atom stereocenters. The van der Waals surface area contributed by atoms with Crippen molar-refractivity contribution in [1.29, 1.82) is 0 Å². The highest BCUT2D eigenvalue weighted by molar-refractivity contribution is 5.79. The largest absolute Gasteiger partial charge is 0.342 e. The van der Waals surface area contributed by atoms with Gasteiger partial charge in [0.2, 0.25) is 5.91 Å². The fourth-order valence-electron chi connectivity index (χ4n) is 3.13. The molecule has 1 aliphatic heterocycles. The first kappa shape index (κ1) is 12.9. The molecular weight excluding hydrogens is 212 g/mol. The molecule has 0 bridgehead atoms. The molecule has 0 spiro atoms. The van der Waals surface area contributed by atoms with E-state index >= 15 is 0 Å². The van der Waals surface area contributed by atoms with E-state index in [2.05, 4.69) is 18.7 Å². The lowest BCUT2D eigenvalue weighted by Gasteiger charge is -2.38. The first-order valence-electron chi connectivity index (χ1n) is 7.12. The van der Waals surface area contributed by atoms with Gasteiger partial charge in [-0.1, -0.05) is 13.8 Å². The monoisotopic (exact) mass is 238 g/mol. The molecule has 0 aromatic carbocycles. The number of carbonyl (C=O) groups is 1. The van der Waals surface area contributed by atoms with Gasteiger partial charge in [0.15, 0.2) is 0 Å². The first-order chi connectivity index (χ1) is 8.08. The summed E-state index contributed by atoms with van der Waals surface area (Å²) in [6.45, 7) is 6.19. The second-order valence-corrected chi connectivity index (χ2v) is 6.17. The molecule has 2 fully saturated rings. The molecule has 17 heavy (non-hydrogen) atoms. The summed E-state index contributed by atoms with van der Waals surface area (Å²) >= 11 is 0. The van der Waals surface area contributed by atoms with Gasteiger partial charge < -0.3 is 10.6 Å². The molecular formula is C14H26N2O. The highest BCUT2D eigenvalue weighted by Gasteiger charge is 2.32. The maximum atomic E-state index is 12.4.